The number of allylic oxidation sites excluding steroid dienone is 1. The molecule has 0 N–H and O–H groups in total. The molecule has 0 radical (unpaired) electrons. The van der Waals surface area contributed by atoms with E-state index in [-0.39, 0.29) is 0 Å². The van der Waals surface area contributed by atoms with Crippen LogP contribution in [-0.2, 0) is 0 Å². The van der Waals surface area contributed by atoms with E-state index < -0.39 is 0 Å². The van der Waals surface area contributed by atoms with E-state index in [4.69, 9.17) is 0 Å². The van der Waals surface area contributed by atoms with Gasteiger partial charge in [-0.2, -0.15) is 0 Å². The first kappa shape index (κ1) is 14.5. The summed E-state index contributed by atoms with van der Waals surface area (Å²) in [7, 11) is 6.05. The van der Waals surface area contributed by atoms with Crippen LogP contribution in [-0.4, -0.2) is 50.2 Å². The van der Waals surface area contributed by atoms with Gasteiger partial charge in [-0.05, 0) is 21.0 Å². The Bertz CT molecular complexity index is 329. The summed E-state index contributed by atoms with van der Waals surface area (Å²) in [5, 5.41) is 0. The number of likely N-dealkylation sites (N-methyl/N-ethyl adjacent to an activating group) is 2. The third-order valence-electron chi connectivity index (χ3n) is 1.98. The molecule has 3 nitrogen and oxygen atoms in total. The lowest BCUT2D eigenvalue weighted by Crippen LogP contribution is -2.27. The Morgan fingerprint density at radius 3 is 2.38 bits per heavy atom. The standard InChI is InChI=1S/C13H21N3/c1-7-8-12(2)11-14-13(3)16(6)10-9-15(4)5/h11H,2-3,9-10H2,1,4-6H3/b14-11-. The lowest BCUT2D eigenvalue weighted by molar-refractivity contribution is 0.325. The van der Waals surface area contributed by atoms with E-state index in [0.717, 1.165) is 18.9 Å². The Balaban J connectivity index is 4.13. The highest BCUT2D eigenvalue weighted by Gasteiger charge is 1.99. The van der Waals surface area contributed by atoms with Gasteiger partial charge in [0.1, 0.15) is 5.82 Å². The molecular weight excluding hydrogens is 198 g/mol. The minimum atomic E-state index is 0.699. The molecule has 88 valence electrons. The van der Waals surface area contributed by atoms with Gasteiger partial charge in [-0.25, -0.2) is 4.99 Å². The van der Waals surface area contributed by atoms with Gasteiger partial charge >= 0.3 is 0 Å². The molecule has 0 aliphatic rings. The van der Waals surface area contributed by atoms with Gasteiger partial charge in [0.2, 0.25) is 0 Å². The van der Waals surface area contributed by atoms with E-state index in [0.29, 0.717) is 5.57 Å². The fraction of sp³-hybridized carbons (Fsp3) is 0.462. The monoisotopic (exact) mass is 219 g/mol. The van der Waals surface area contributed by atoms with Crippen LogP contribution < -0.4 is 0 Å². The molecule has 0 atom stereocenters. The molecule has 0 spiro atoms. The van der Waals surface area contributed by atoms with Gasteiger partial charge in [0.25, 0.3) is 0 Å². The van der Waals surface area contributed by atoms with E-state index in [2.05, 4.69) is 34.9 Å². The Morgan fingerprint density at radius 1 is 1.25 bits per heavy atom. The third-order valence-corrected chi connectivity index (χ3v) is 1.98. The number of rotatable bonds is 6. The van der Waals surface area contributed by atoms with Crippen molar-refractivity contribution >= 4 is 6.21 Å². The second kappa shape index (κ2) is 7.72. The maximum atomic E-state index is 4.21. The molecule has 3 heteroatoms. The lowest BCUT2D eigenvalue weighted by Gasteiger charge is -2.20. The van der Waals surface area contributed by atoms with Crippen LogP contribution in [0.25, 0.3) is 0 Å². The zero-order valence-electron chi connectivity index (χ0n) is 10.7. The molecule has 0 aromatic carbocycles. The summed E-state index contributed by atoms with van der Waals surface area (Å²) >= 11 is 0. The Labute approximate surface area is 99.2 Å². The molecule has 0 aliphatic carbocycles. The average molecular weight is 219 g/mol. The van der Waals surface area contributed by atoms with Gasteiger partial charge in [-0.1, -0.05) is 19.1 Å². The fourth-order valence-electron chi connectivity index (χ4n) is 0.923. The topological polar surface area (TPSA) is 18.8 Å². The molecule has 0 unspecified atom stereocenters. The van der Waals surface area contributed by atoms with Crippen molar-refractivity contribution in [1.82, 2.24) is 9.80 Å². The Morgan fingerprint density at radius 2 is 1.88 bits per heavy atom. The van der Waals surface area contributed by atoms with Crippen LogP contribution in [0.3, 0.4) is 0 Å². The first-order chi connectivity index (χ1) is 7.47. The molecular formula is C13H21N3. The highest BCUT2D eigenvalue weighted by Crippen LogP contribution is 1.99. The second-order valence-electron chi connectivity index (χ2n) is 3.80. The summed E-state index contributed by atoms with van der Waals surface area (Å²) in [6.45, 7) is 11.3. The molecule has 0 fully saturated rings. The summed E-state index contributed by atoms with van der Waals surface area (Å²) < 4.78 is 0. The Hall–Kier alpha value is -1.53. The second-order valence-corrected chi connectivity index (χ2v) is 3.80. The van der Waals surface area contributed by atoms with Crippen molar-refractivity contribution in [2.75, 3.05) is 34.2 Å². The average Bonchev–Trinajstić information content (AvgIpc) is 2.22. The molecule has 0 aromatic rings. The van der Waals surface area contributed by atoms with Crippen LogP contribution in [0.5, 0.6) is 0 Å². The van der Waals surface area contributed by atoms with Crippen LogP contribution in [0.15, 0.2) is 29.5 Å². The van der Waals surface area contributed by atoms with Gasteiger partial charge < -0.3 is 9.80 Å². The highest BCUT2D eigenvalue weighted by atomic mass is 15.2. The van der Waals surface area contributed by atoms with Crippen LogP contribution in [0.4, 0.5) is 0 Å². The van der Waals surface area contributed by atoms with Crippen LogP contribution in [0.2, 0.25) is 0 Å². The molecule has 0 aliphatic heterocycles. The molecule has 0 amide bonds. The third kappa shape index (κ3) is 6.86. The molecule has 0 heterocycles. The Kier molecular flexibility index (Phi) is 6.98. The van der Waals surface area contributed by atoms with Crippen LogP contribution >= 0.6 is 0 Å². The fourth-order valence-corrected chi connectivity index (χ4v) is 0.923. The minimum Gasteiger partial charge on any atom is -0.359 e. The van der Waals surface area contributed by atoms with Crippen molar-refractivity contribution in [1.29, 1.82) is 0 Å². The zero-order valence-corrected chi connectivity index (χ0v) is 10.7. The normalized spacial score (nSPS) is 10.1. The SMILES string of the molecule is C=C(C#CC)/C=N\C(=C)N(C)CCN(C)C. The van der Waals surface area contributed by atoms with Gasteiger partial charge in [0, 0.05) is 31.9 Å². The zero-order chi connectivity index (χ0) is 12.6. The van der Waals surface area contributed by atoms with Gasteiger partial charge in [0.15, 0.2) is 0 Å². The summed E-state index contributed by atoms with van der Waals surface area (Å²) in [6, 6.07) is 0. The smallest absolute Gasteiger partial charge is 0.121 e. The van der Waals surface area contributed by atoms with Crippen molar-refractivity contribution in [3.63, 3.8) is 0 Å². The largest absolute Gasteiger partial charge is 0.359 e. The van der Waals surface area contributed by atoms with Crippen molar-refractivity contribution in [2.24, 2.45) is 4.99 Å². The van der Waals surface area contributed by atoms with Crippen molar-refractivity contribution in [2.45, 2.75) is 6.92 Å². The number of hydrogen-bond acceptors (Lipinski definition) is 3. The van der Waals surface area contributed by atoms with Crippen molar-refractivity contribution < 1.29 is 0 Å². The number of aliphatic imine (C=N–C) groups is 1. The van der Waals surface area contributed by atoms with Gasteiger partial charge in [0.05, 0.1) is 0 Å². The molecule has 0 bridgehead atoms. The molecule has 0 saturated heterocycles. The maximum Gasteiger partial charge on any atom is 0.121 e. The van der Waals surface area contributed by atoms with Crippen molar-refractivity contribution in [3.05, 3.63) is 24.6 Å². The van der Waals surface area contributed by atoms with Crippen molar-refractivity contribution in [3.8, 4) is 11.8 Å². The van der Waals surface area contributed by atoms with Gasteiger partial charge in [-0.15, -0.1) is 5.92 Å². The first-order valence-corrected chi connectivity index (χ1v) is 5.18. The number of nitrogens with zero attached hydrogens (tertiary/aromatic N) is 3. The summed E-state index contributed by atoms with van der Waals surface area (Å²) in [4.78, 5) is 8.33. The first-order valence-electron chi connectivity index (χ1n) is 5.18. The maximum absolute atomic E-state index is 4.21. The predicted molar refractivity (Wildman–Crippen MR) is 71.4 cm³/mol. The predicted octanol–water partition coefficient (Wildman–Crippen LogP) is 1.60. The summed E-state index contributed by atoms with van der Waals surface area (Å²) in [5.74, 6) is 6.32. The van der Waals surface area contributed by atoms with E-state index in [1.807, 2.05) is 26.0 Å². The lowest BCUT2D eigenvalue weighted by atomic mass is 10.3. The van der Waals surface area contributed by atoms with Gasteiger partial charge in [-0.3, -0.25) is 0 Å². The molecule has 0 rings (SSSR count). The number of hydrogen-bond donors (Lipinski definition) is 0. The van der Waals surface area contributed by atoms with E-state index in [9.17, 15) is 0 Å². The molecule has 0 saturated carbocycles. The quantitative estimate of drug-likeness (QED) is 0.499. The minimum absolute atomic E-state index is 0.699. The highest BCUT2D eigenvalue weighted by molar-refractivity contribution is 5.84. The molecule has 16 heavy (non-hydrogen) atoms. The molecule has 0 aromatic heterocycles. The van der Waals surface area contributed by atoms with E-state index in [1.54, 1.807) is 13.1 Å². The van der Waals surface area contributed by atoms with E-state index in [1.165, 1.54) is 0 Å². The van der Waals surface area contributed by atoms with Crippen LogP contribution in [0.1, 0.15) is 6.92 Å². The summed E-state index contributed by atoms with van der Waals surface area (Å²) in [5.41, 5.74) is 0.699. The van der Waals surface area contributed by atoms with Crippen LogP contribution in [0, 0.1) is 11.8 Å². The summed E-state index contributed by atoms with van der Waals surface area (Å²) in [6.07, 6.45) is 1.64. The van der Waals surface area contributed by atoms with E-state index >= 15 is 0 Å².